The molecule has 1 atom stereocenters. The summed E-state index contributed by atoms with van der Waals surface area (Å²) in [5.74, 6) is 1.79. The molecule has 5 rings (SSSR count). The number of para-hydroxylation sites is 1. The molecule has 3 aromatic rings. The van der Waals surface area contributed by atoms with Crippen molar-refractivity contribution < 1.29 is 4.79 Å². The van der Waals surface area contributed by atoms with Gasteiger partial charge in [-0.25, -0.2) is 0 Å². The Morgan fingerprint density at radius 2 is 1.54 bits per heavy atom. The van der Waals surface area contributed by atoms with Gasteiger partial charge < -0.3 is 10.3 Å². The van der Waals surface area contributed by atoms with Gasteiger partial charge in [0.15, 0.2) is 0 Å². The number of carbonyl (C=O) groups is 1. The molecule has 2 aliphatic rings. The maximum atomic E-state index is 13.4. The second-order valence-corrected chi connectivity index (χ2v) is 10.9. The fourth-order valence-electron chi connectivity index (χ4n) is 6.47. The first kappa shape index (κ1) is 26.0. The van der Waals surface area contributed by atoms with Crippen molar-refractivity contribution in [2.24, 2.45) is 17.6 Å². The largest absolute Gasteiger partial charge is 0.347 e. The van der Waals surface area contributed by atoms with Crippen LogP contribution in [-0.2, 0) is 11.3 Å². The van der Waals surface area contributed by atoms with Gasteiger partial charge in [-0.1, -0.05) is 67.8 Å². The monoisotopic (exact) mass is 492 g/mol. The minimum absolute atomic E-state index is 0. The van der Waals surface area contributed by atoms with Crippen LogP contribution in [0.2, 0.25) is 0 Å². The zero-order chi connectivity index (χ0) is 23.3. The average Bonchev–Trinajstić information content (AvgIpc) is 3.23. The lowest BCUT2D eigenvalue weighted by Crippen LogP contribution is -2.27. The van der Waals surface area contributed by atoms with E-state index in [0.29, 0.717) is 30.6 Å². The molecule has 2 saturated carbocycles. The first-order valence-corrected chi connectivity index (χ1v) is 13.6. The fraction of sp³-hybridized carbons (Fsp3) is 0.516. The van der Waals surface area contributed by atoms with Gasteiger partial charge in [0, 0.05) is 48.4 Å². The minimum atomic E-state index is 0. The Labute approximate surface area is 216 Å². The smallest absolute Gasteiger partial charge is 0.134 e. The van der Waals surface area contributed by atoms with E-state index in [1.165, 1.54) is 54.1 Å². The van der Waals surface area contributed by atoms with Crippen LogP contribution in [0.1, 0.15) is 87.7 Å². The maximum absolute atomic E-state index is 13.4. The molecule has 3 nitrogen and oxygen atoms in total. The quantitative estimate of drug-likeness (QED) is 0.351. The van der Waals surface area contributed by atoms with Gasteiger partial charge in [0.25, 0.3) is 0 Å². The van der Waals surface area contributed by atoms with E-state index in [4.69, 9.17) is 5.73 Å². The van der Waals surface area contributed by atoms with Gasteiger partial charge in [-0.2, -0.15) is 0 Å². The zero-order valence-corrected chi connectivity index (χ0v) is 21.7. The summed E-state index contributed by atoms with van der Waals surface area (Å²) >= 11 is 0. The molecule has 1 unspecified atom stereocenters. The number of rotatable bonds is 8. The third-order valence-electron chi connectivity index (χ3n) is 8.42. The van der Waals surface area contributed by atoms with Crippen molar-refractivity contribution in [3.63, 3.8) is 0 Å². The molecule has 0 saturated heterocycles. The molecule has 2 aliphatic carbocycles. The normalized spacial score (nSPS) is 22.0. The molecular weight excluding hydrogens is 452 g/mol. The maximum Gasteiger partial charge on any atom is 0.134 e. The fourth-order valence-corrected chi connectivity index (χ4v) is 6.47. The van der Waals surface area contributed by atoms with Crippen LogP contribution in [-0.4, -0.2) is 16.4 Å². The number of hydrogen-bond donors (Lipinski definition) is 1. The van der Waals surface area contributed by atoms with Crippen molar-refractivity contribution >= 4 is 29.1 Å². The second-order valence-electron chi connectivity index (χ2n) is 10.9. The molecule has 35 heavy (non-hydrogen) atoms. The Morgan fingerprint density at radius 1 is 0.857 bits per heavy atom. The molecule has 2 N–H and O–H groups in total. The van der Waals surface area contributed by atoms with E-state index in [0.717, 1.165) is 38.1 Å². The number of halogens is 1. The van der Waals surface area contributed by atoms with Crippen LogP contribution < -0.4 is 5.73 Å². The molecule has 0 amide bonds. The topological polar surface area (TPSA) is 48.0 Å². The predicted molar refractivity (Wildman–Crippen MR) is 148 cm³/mol. The van der Waals surface area contributed by atoms with Crippen LogP contribution in [0.25, 0.3) is 10.9 Å². The highest BCUT2D eigenvalue weighted by atomic mass is 35.5. The molecule has 2 fully saturated rings. The molecular formula is C31H41ClN2O. The number of aromatic nitrogens is 1. The number of Topliss-reactive ketones (excluding diaryl/α,β-unsaturated/α-hetero) is 1. The summed E-state index contributed by atoms with van der Waals surface area (Å²) in [5.41, 5.74) is 9.98. The van der Waals surface area contributed by atoms with E-state index in [-0.39, 0.29) is 18.3 Å². The summed E-state index contributed by atoms with van der Waals surface area (Å²) in [6, 6.07) is 19.8. The van der Waals surface area contributed by atoms with E-state index in [1.807, 2.05) is 0 Å². The van der Waals surface area contributed by atoms with Crippen molar-refractivity contribution in [1.29, 1.82) is 0 Å². The molecule has 0 aliphatic heterocycles. The number of hydrogen-bond acceptors (Lipinski definition) is 2. The van der Waals surface area contributed by atoms with Crippen LogP contribution in [0.3, 0.4) is 0 Å². The van der Waals surface area contributed by atoms with Crippen LogP contribution in [0.4, 0.5) is 0 Å². The molecule has 0 bridgehead atoms. The van der Waals surface area contributed by atoms with Crippen LogP contribution in [0.5, 0.6) is 0 Å². The molecule has 1 aromatic heterocycles. The van der Waals surface area contributed by atoms with Crippen LogP contribution in [0.15, 0.2) is 60.8 Å². The van der Waals surface area contributed by atoms with Gasteiger partial charge in [-0.3, -0.25) is 4.79 Å². The van der Waals surface area contributed by atoms with Crippen molar-refractivity contribution in [3.8, 4) is 0 Å². The number of benzene rings is 2. The van der Waals surface area contributed by atoms with E-state index in [9.17, 15) is 4.79 Å². The number of ketones is 1. The van der Waals surface area contributed by atoms with E-state index in [1.54, 1.807) is 0 Å². The standard InChI is InChI=1S/C31H40N2O.ClH/c32-26-17-15-23(16-18-26)19-27(34)20-29(25-11-5-2-6-12-25)30-22-33(21-24-9-3-1-4-10-24)31-14-8-7-13-28(30)31;/h2,5-8,11-14,22-24,26,29H,1,3-4,9-10,15-21,32H2;1H. The highest BCUT2D eigenvalue weighted by molar-refractivity contribution is 5.87. The highest BCUT2D eigenvalue weighted by Gasteiger charge is 2.26. The van der Waals surface area contributed by atoms with Crippen LogP contribution >= 0.6 is 12.4 Å². The SMILES string of the molecule is Cl.NC1CCC(CC(=O)CC(c2ccccc2)c2cn(CC3CCCCC3)c3ccccc23)CC1. The molecule has 0 radical (unpaired) electrons. The van der Waals surface area contributed by atoms with Crippen molar-refractivity contribution in [2.45, 2.75) is 89.1 Å². The number of nitrogens with two attached hydrogens (primary N) is 1. The Bertz CT molecular complexity index is 1080. The predicted octanol–water partition coefficient (Wildman–Crippen LogP) is 7.64. The first-order chi connectivity index (χ1) is 16.7. The van der Waals surface area contributed by atoms with Crippen LogP contribution in [0, 0.1) is 11.8 Å². The van der Waals surface area contributed by atoms with E-state index in [2.05, 4.69) is 65.4 Å². The Balaban J connectivity index is 0.00000289. The average molecular weight is 493 g/mol. The Morgan fingerprint density at radius 3 is 2.29 bits per heavy atom. The molecule has 2 aromatic carbocycles. The molecule has 188 valence electrons. The lowest BCUT2D eigenvalue weighted by molar-refractivity contribution is -0.120. The highest BCUT2D eigenvalue weighted by Crippen LogP contribution is 2.37. The summed E-state index contributed by atoms with van der Waals surface area (Å²) in [5, 5.41) is 1.31. The minimum Gasteiger partial charge on any atom is -0.347 e. The number of fused-ring (bicyclic) bond motifs is 1. The third kappa shape index (κ3) is 6.37. The van der Waals surface area contributed by atoms with Gasteiger partial charge >= 0.3 is 0 Å². The number of carbonyl (C=O) groups excluding carboxylic acids is 1. The first-order valence-electron chi connectivity index (χ1n) is 13.6. The molecule has 4 heteroatoms. The Hall–Kier alpha value is -2.10. The lowest BCUT2D eigenvalue weighted by atomic mass is 9.80. The molecule has 0 spiro atoms. The summed E-state index contributed by atoms with van der Waals surface area (Å²) in [6.07, 6.45) is 14.8. The van der Waals surface area contributed by atoms with Gasteiger partial charge in [-0.15, -0.1) is 12.4 Å². The zero-order valence-electron chi connectivity index (χ0n) is 20.9. The second kappa shape index (κ2) is 12.2. The van der Waals surface area contributed by atoms with E-state index < -0.39 is 0 Å². The lowest BCUT2D eigenvalue weighted by Gasteiger charge is -2.26. The van der Waals surface area contributed by atoms with Gasteiger partial charge in [0.1, 0.15) is 5.78 Å². The van der Waals surface area contributed by atoms with Gasteiger partial charge in [-0.05, 0) is 67.6 Å². The van der Waals surface area contributed by atoms with Crippen molar-refractivity contribution in [1.82, 2.24) is 4.57 Å². The third-order valence-corrected chi connectivity index (χ3v) is 8.42. The van der Waals surface area contributed by atoms with E-state index >= 15 is 0 Å². The summed E-state index contributed by atoms with van der Waals surface area (Å²) in [4.78, 5) is 13.4. The van der Waals surface area contributed by atoms with Crippen molar-refractivity contribution in [2.75, 3.05) is 0 Å². The Kier molecular flexibility index (Phi) is 9.08. The summed E-state index contributed by atoms with van der Waals surface area (Å²) in [7, 11) is 0. The number of nitrogens with zero attached hydrogens (tertiary/aromatic N) is 1. The summed E-state index contributed by atoms with van der Waals surface area (Å²) in [6.45, 7) is 1.10. The van der Waals surface area contributed by atoms with Gasteiger partial charge in [0.05, 0.1) is 0 Å². The summed E-state index contributed by atoms with van der Waals surface area (Å²) < 4.78 is 2.49. The van der Waals surface area contributed by atoms with Crippen molar-refractivity contribution in [3.05, 3.63) is 71.9 Å². The molecule has 1 heterocycles. The van der Waals surface area contributed by atoms with Gasteiger partial charge in [0.2, 0.25) is 0 Å².